The first kappa shape index (κ1) is 17.7. The van der Waals surface area contributed by atoms with Crippen LogP contribution in [0.15, 0.2) is 24.3 Å². The maximum atomic E-state index is 5.88. The molecule has 1 aromatic carbocycles. The molecular weight excluding hydrogens is 288 g/mol. The summed E-state index contributed by atoms with van der Waals surface area (Å²) in [7, 11) is -1.42. The maximum Gasteiger partial charge on any atom is 0.321 e. The number of benzene rings is 1. The van der Waals surface area contributed by atoms with Crippen LogP contribution < -0.4 is 0 Å². The van der Waals surface area contributed by atoms with Crippen molar-refractivity contribution in [1.29, 1.82) is 0 Å². The third kappa shape index (κ3) is 8.05. The van der Waals surface area contributed by atoms with Crippen LogP contribution in [0.2, 0.25) is 11.1 Å². The lowest BCUT2D eigenvalue weighted by molar-refractivity contribution is 0.195. The van der Waals surface area contributed by atoms with Gasteiger partial charge in [0.2, 0.25) is 0 Å². The molecule has 20 heavy (non-hydrogen) atoms. The number of rotatable bonds is 11. The van der Waals surface area contributed by atoms with Gasteiger partial charge in [-0.2, -0.15) is 0 Å². The third-order valence-electron chi connectivity index (χ3n) is 3.08. The molecule has 0 aromatic heterocycles. The molecule has 0 spiro atoms. The lowest BCUT2D eigenvalue weighted by atomic mass is 10.1. The molecule has 0 aliphatic carbocycles. The Kier molecular flexibility index (Phi) is 10.0. The molecule has 0 aliphatic heterocycles. The molecule has 0 amide bonds. The Labute approximate surface area is 130 Å². The highest BCUT2D eigenvalue weighted by molar-refractivity contribution is 6.44. The van der Waals surface area contributed by atoms with Crippen LogP contribution in [-0.4, -0.2) is 22.5 Å². The van der Waals surface area contributed by atoms with E-state index < -0.39 is 9.28 Å². The lowest BCUT2D eigenvalue weighted by Gasteiger charge is -2.16. The fourth-order valence-corrected chi connectivity index (χ4v) is 4.18. The van der Waals surface area contributed by atoms with Crippen molar-refractivity contribution in [2.75, 3.05) is 13.2 Å². The van der Waals surface area contributed by atoms with Crippen molar-refractivity contribution in [2.24, 2.45) is 0 Å². The summed E-state index contributed by atoms with van der Waals surface area (Å²) in [6.07, 6.45) is 5.64. The monoisotopic (exact) mass is 314 g/mol. The molecule has 0 heterocycles. The van der Waals surface area contributed by atoms with Gasteiger partial charge in [0.1, 0.15) is 0 Å². The minimum Gasteiger partial charge on any atom is -0.397 e. The van der Waals surface area contributed by atoms with Gasteiger partial charge in [-0.1, -0.05) is 44.0 Å². The molecule has 0 N–H and O–H groups in total. The Morgan fingerprint density at radius 2 is 1.55 bits per heavy atom. The molecule has 0 radical (unpaired) electrons. The van der Waals surface area contributed by atoms with Gasteiger partial charge < -0.3 is 8.85 Å². The third-order valence-corrected chi connectivity index (χ3v) is 5.43. The molecule has 2 nitrogen and oxygen atoms in total. The quantitative estimate of drug-likeness (QED) is 0.434. The Morgan fingerprint density at radius 3 is 2.10 bits per heavy atom. The van der Waals surface area contributed by atoms with Crippen LogP contribution in [0.3, 0.4) is 0 Å². The van der Waals surface area contributed by atoms with E-state index in [-0.39, 0.29) is 0 Å². The fourth-order valence-electron chi connectivity index (χ4n) is 2.00. The molecule has 1 rings (SSSR count). The summed E-state index contributed by atoms with van der Waals surface area (Å²) in [5, 5.41) is 0.808. The standard InChI is InChI=1S/C16H27ClO2Si/c1-3-12-18-20(19-13-4-2)14-6-5-7-15-8-10-16(17)11-9-15/h8-11,20H,3-7,12-14H2,1-2H3. The molecule has 4 heteroatoms. The van der Waals surface area contributed by atoms with Crippen LogP contribution in [0.1, 0.15) is 45.1 Å². The number of halogens is 1. The van der Waals surface area contributed by atoms with Gasteiger partial charge in [0.05, 0.1) is 0 Å². The van der Waals surface area contributed by atoms with Crippen LogP contribution in [0, 0.1) is 0 Å². The van der Waals surface area contributed by atoms with Gasteiger partial charge in [-0.25, -0.2) is 0 Å². The minimum absolute atomic E-state index is 0.808. The van der Waals surface area contributed by atoms with E-state index in [0.29, 0.717) is 0 Å². The highest BCUT2D eigenvalue weighted by atomic mass is 35.5. The van der Waals surface area contributed by atoms with Crippen LogP contribution in [0.5, 0.6) is 0 Å². The first-order chi connectivity index (χ1) is 9.76. The summed E-state index contributed by atoms with van der Waals surface area (Å²) in [5.41, 5.74) is 1.36. The SMILES string of the molecule is CCCO[SiH](CCCCc1ccc(Cl)cc1)OCCC. The van der Waals surface area contributed by atoms with E-state index in [1.54, 1.807) is 0 Å². The minimum atomic E-state index is -1.42. The van der Waals surface area contributed by atoms with E-state index in [1.807, 2.05) is 12.1 Å². The van der Waals surface area contributed by atoms with Gasteiger partial charge in [-0.3, -0.25) is 0 Å². The molecule has 0 bridgehead atoms. The van der Waals surface area contributed by atoms with Gasteiger partial charge >= 0.3 is 9.28 Å². The summed E-state index contributed by atoms with van der Waals surface area (Å²) in [6.45, 7) is 5.98. The van der Waals surface area contributed by atoms with Crippen LogP contribution in [-0.2, 0) is 15.3 Å². The second kappa shape index (κ2) is 11.3. The van der Waals surface area contributed by atoms with Gasteiger partial charge in [0.25, 0.3) is 0 Å². The Hall–Kier alpha value is -0.353. The summed E-state index contributed by atoms with van der Waals surface area (Å²) < 4.78 is 11.7. The zero-order valence-corrected chi connectivity index (χ0v) is 14.6. The van der Waals surface area contributed by atoms with Crippen molar-refractivity contribution in [3.8, 4) is 0 Å². The van der Waals surface area contributed by atoms with E-state index in [0.717, 1.165) is 43.5 Å². The molecule has 0 unspecified atom stereocenters. The van der Waals surface area contributed by atoms with Crippen LogP contribution >= 0.6 is 11.6 Å². The first-order valence-corrected chi connectivity index (χ1v) is 9.87. The molecule has 114 valence electrons. The number of unbranched alkanes of at least 4 members (excludes halogenated alkanes) is 1. The van der Waals surface area contributed by atoms with Gasteiger partial charge in [0.15, 0.2) is 0 Å². The predicted molar refractivity (Wildman–Crippen MR) is 88.8 cm³/mol. The highest BCUT2D eigenvalue weighted by Gasteiger charge is 2.12. The summed E-state index contributed by atoms with van der Waals surface area (Å²) in [4.78, 5) is 0. The average Bonchev–Trinajstić information content (AvgIpc) is 2.47. The molecule has 0 aliphatic rings. The van der Waals surface area contributed by atoms with Crippen LogP contribution in [0.4, 0.5) is 0 Å². The molecule has 1 aromatic rings. The number of hydrogen-bond donors (Lipinski definition) is 0. The Balaban J connectivity index is 2.19. The van der Waals surface area contributed by atoms with Crippen molar-refractivity contribution in [2.45, 2.75) is 52.0 Å². The maximum absolute atomic E-state index is 5.88. The fraction of sp³-hybridized carbons (Fsp3) is 0.625. The zero-order chi connectivity index (χ0) is 14.6. The second-order valence-corrected chi connectivity index (χ2v) is 7.58. The smallest absolute Gasteiger partial charge is 0.321 e. The van der Waals surface area contributed by atoms with Crippen molar-refractivity contribution in [1.82, 2.24) is 0 Å². The molecule has 0 saturated heterocycles. The van der Waals surface area contributed by atoms with E-state index >= 15 is 0 Å². The van der Waals surface area contributed by atoms with E-state index in [4.69, 9.17) is 20.5 Å². The van der Waals surface area contributed by atoms with E-state index in [1.165, 1.54) is 18.4 Å². The topological polar surface area (TPSA) is 18.5 Å². The van der Waals surface area contributed by atoms with Crippen molar-refractivity contribution < 1.29 is 8.85 Å². The molecule has 0 saturated carbocycles. The summed E-state index contributed by atoms with van der Waals surface area (Å²) in [5.74, 6) is 0. The van der Waals surface area contributed by atoms with Gasteiger partial charge in [-0.05, 0) is 49.4 Å². The van der Waals surface area contributed by atoms with Crippen LogP contribution in [0.25, 0.3) is 0 Å². The van der Waals surface area contributed by atoms with Gasteiger partial charge in [0, 0.05) is 18.2 Å². The number of hydrogen-bond acceptors (Lipinski definition) is 2. The average molecular weight is 315 g/mol. The first-order valence-electron chi connectivity index (χ1n) is 7.74. The van der Waals surface area contributed by atoms with Gasteiger partial charge in [-0.15, -0.1) is 0 Å². The Morgan fingerprint density at radius 1 is 0.950 bits per heavy atom. The lowest BCUT2D eigenvalue weighted by Crippen LogP contribution is -2.23. The Bertz CT molecular complexity index is 335. The molecular formula is C16H27ClO2Si. The summed E-state index contributed by atoms with van der Waals surface area (Å²) >= 11 is 5.88. The van der Waals surface area contributed by atoms with E-state index in [9.17, 15) is 0 Å². The zero-order valence-electron chi connectivity index (χ0n) is 12.7. The normalized spacial score (nSPS) is 11.2. The van der Waals surface area contributed by atoms with Crippen molar-refractivity contribution >= 4 is 20.9 Å². The van der Waals surface area contributed by atoms with Crippen molar-refractivity contribution in [3.05, 3.63) is 34.9 Å². The highest BCUT2D eigenvalue weighted by Crippen LogP contribution is 2.13. The van der Waals surface area contributed by atoms with E-state index in [2.05, 4.69) is 26.0 Å². The summed E-state index contributed by atoms with van der Waals surface area (Å²) in [6, 6.07) is 9.26. The predicted octanol–water partition coefficient (Wildman–Crippen LogP) is 4.74. The molecule has 0 fully saturated rings. The van der Waals surface area contributed by atoms with Crippen molar-refractivity contribution in [3.63, 3.8) is 0 Å². The number of aryl methyl sites for hydroxylation is 1. The molecule has 0 atom stereocenters. The second-order valence-electron chi connectivity index (χ2n) is 5.04. The largest absolute Gasteiger partial charge is 0.397 e.